The summed E-state index contributed by atoms with van der Waals surface area (Å²) in [5.74, 6) is -1.32. The van der Waals surface area contributed by atoms with E-state index in [9.17, 15) is 9.59 Å². The van der Waals surface area contributed by atoms with Gasteiger partial charge >= 0.3 is 11.9 Å². The van der Waals surface area contributed by atoms with Crippen LogP contribution in [0.15, 0.2) is 37.1 Å². The Morgan fingerprint density at radius 2 is 1.93 bits per heavy atom. The predicted molar refractivity (Wildman–Crippen MR) is 53.6 cm³/mol. The van der Waals surface area contributed by atoms with Crippen LogP contribution in [0.5, 0.6) is 0 Å². The summed E-state index contributed by atoms with van der Waals surface area (Å²) in [6.07, 6.45) is 3.64. The molecular weight excluding hydrogens is 184 g/mol. The molecule has 0 aliphatic heterocycles. The highest BCUT2D eigenvalue weighted by molar-refractivity contribution is 5.87. The molecule has 0 aromatic carbocycles. The third-order valence-electron chi connectivity index (χ3n) is 0.848. The van der Waals surface area contributed by atoms with Crippen LogP contribution < -0.4 is 0 Å². The molecule has 0 aliphatic rings. The Hall–Kier alpha value is -1.84. The number of carbonyl (C=O) groups is 2. The Balaban J connectivity index is 0. The van der Waals surface area contributed by atoms with Gasteiger partial charge < -0.3 is 9.84 Å². The Labute approximate surface area is 83.2 Å². The van der Waals surface area contributed by atoms with Crippen LogP contribution in [-0.4, -0.2) is 17.0 Å². The zero-order valence-electron chi connectivity index (χ0n) is 8.32. The molecule has 0 unspecified atom stereocenters. The Morgan fingerprint density at radius 3 is 2.00 bits per heavy atom. The maximum atomic E-state index is 10.3. The summed E-state index contributed by atoms with van der Waals surface area (Å²) in [4.78, 5) is 19.9. The van der Waals surface area contributed by atoms with E-state index in [-0.39, 0.29) is 0 Å². The molecule has 1 N–H and O–H groups in total. The van der Waals surface area contributed by atoms with E-state index in [0.717, 1.165) is 12.3 Å². The number of hydrogen-bond acceptors (Lipinski definition) is 3. The summed E-state index contributed by atoms with van der Waals surface area (Å²) in [5.41, 5.74) is 0.380. The van der Waals surface area contributed by atoms with Crippen molar-refractivity contribution < 1.29 is 19.4 Å². The highest BCUT2D eigenvalue weighted by Gasteiger charge is 1.97. The third-order valence-corrected chi connectivity index (χ3v) is 0.848. The molecule has 0 atom stereocenters. The first-order valence-corrected chi connectivity index (χ1v) is 3.78. The number of ether oxygens (including phenoxy) is 1. The van der Waals surface area contributed by atoms with Crippen molar-refractivity contribution in [1.82, 2.24) is 0 Å². The van der Waals surface area contributed by atoms with Gasteiger partial charge in [0.1, 0.15) is 0 Å². The number of carboxylic acids is 1. The zero-order chi connectivity index (χ0) is 11.6. The summed E-state index contributed by atoms with van der Waals surface area (Å²) >= 11 is 0. The van der Waals surface area contributed by atoms with Crippen molar-refractivity contribution in [3.05, 3.63) is 37.1 Å². The van der Waals surface area contributed by atoms with Crippen LogP contribution in [0.4, 0.5) is 0 Å². The standard InChI is InChI=1S/C6H8O2.C4H6O2/c1-4-8-6(7)5(2)3;1-2-3-4(5)6/h4H,1-2H2,3H3;2-3H,1H3,(H,5,6). The van der Waals surface area contributed by atoms with Crippen molar-refractivity contribution in [2.75, 3.05) is 0 Å². The van der Waals surface area contributed by atoms with Gasteiger partial charge in [0.25, 0.3) is 0 Å². The second-order valence-corrected chi connectivity index (χ2v) is 2.19. The van der Waals surface area contributed by atoms with E-state index < -0.39 is 11.9 Å². The van der Waals surface area contributed by atoms with E-state index in [1.54, 1.807) is 13.8 Å². The molecule has 0 fully saturated rings. The van der Waals surface area contributed by atoms with Crippen LogP contribution in [0.1, 0.15) is 13.8 Å². The molecule has 0 rings (SSSR count). The molecule has 0 spiro atoms. The van der Waals surface area contributed by atoms with Gasteiger partial charge in [-0.3, -0.25) is 0 Å². The van der Waals surface area contributed by atoms with E-state index in [1.165, 1.54) is 6.08 Å². The van der Waals surface area contributed by atoms with Crippen LogP contribution >= 0.6 is 0 Å². The zero-order valence-corrected chi connectivity index (χ0v) is 8.32. The van der Waals surface area contributed by atoms with E-state index in [2.05, 4.69) is 17.9 Å². The molecule has 0 aliphatic carbocycles. The van der Waals surface area contributed by atoms with Crippen LogP contribution in [0.3, 0.4) is 0 Å². The van der Waals surface area contributed by atoms with Gasteiger partial charge in [-0.15, -0.1) is 0 Å². The first kappa shape index (κ1) is 14.7. The number of allylic oxidation sites excluding steroid dienone is 1. The highest BCUT2D eigenvalue weighted by atomic mass is 16.5. The summed E-state index contributed by atoms with van der Waals surface area (Å²) in [6.45, 7) is 9.79. The van der Waals surface area contributed by atoms with Gasteiger partial charge in [0.15, 0.2) is 0 Å². The van der Waals surface area contributed by atoms with Crippen molar-refractivity contribution in [2.45, 2.75) is 13.8 Å². The van der Waals surface area contributed by atoms with Gasteiger partial charge in [-0.25, -0.2) is 9.59 Å². The van der Waals surface area contributed by atoms with E-state index in [4.69, 9.17) is 5.11 Å². The van der Waals surface area contributed by atoms with Crippen molar-refractivity contribution in [1.29, 1.82) is 0 Å². The normalized spacial score (nSPS) is 8.43. The highest BCUT2D eigenvalue weighted by Crippen LogP contribution is 1.90. The molecule has 0 aromatic heterocycles. The van der Waals surface area contributed by atoms with Gasteiger partial charge in [-0.1, -0.05) is 19.2 Å². The lowest BCUT2D eigenvalue weighted by Crippen LogP contribution is -1.98. The Morgan fingerprint density at radius 1 is 1.43 bits per heavy atom. The number of aliphatic carboxylic acids is 1. The fourth-order valence-electron chi connectivity index (χ4n) is 0.319. The second-order valence-electron chi connectivity index (χ2n) is 2.19. The smallest absolute Gasteiger partial charge is 0.337 e. The van der Waals surface area contributed by atoms with Gasteiger partial charge in [0.2, 0.25) is 0 Å². The van der Waals surface area contributed by atoms with Crippen molar-refractivity contribution in [3.8, 4) is 0 Å². The first-order chi connectivity index (χ1) is 6.45. The summed E-state index contributed by atoms with van der Waals surface area (Å²) < 4.78 is 4.33. The summed E-state index contributed by atoms with van der Waals surface area (Å²) in [6, 6.07) is 0. The number of carbonyl (C=O) groups excluding carboxylic acids is 1. The maximum absolute atomic E-state index is 10.3. The third kappa shape index (κ3) is 12.8. The molecule has 0 saturated heterocycles. The Kier molecular flexibility index (Phi) is 9.69. The molecule has 4 nitrogen and oxygen atoms in total. The van der Waals surface area contributed by atoms with Gasteiger partial charge in [-0.2, -0.15) is 0 Å². The molecule has 0 heterocycles. The molecule has 0 aromatic rings. The van der Waals surface area contributed by atoms with Gasteiger partial charge in [0, 0.05) is 11.6 Å². The first-order valence-electron chi connectivity index (χ1n) is 3.78. The predicted octanol–water partition coefficient (Wildman–Crippen LogP) is 1.90. The summed E-state index contributed by atoms with van der Waals surface area (Å²) in [5, 5.41) is 7.83. The molecule has 0 radical (unpaired) electrons. The fraction of sp³-hybridized carbons (Fsp3) is 0.200. The van der Waals surface area contributed by atoms with E-state index in [0.29, 0.717) is 5.57 Å². The van der Waals surface area contributed by atoms with Crippen LogP contribution in [0.25, 0.3) is 0 Å². The molecular formula is C10H14O4. The molecule has 78 valence electrons. The molecule has 0 bridgehead atoms. The molecule has 14 heavy (non-hydrogen) atoms. The number of esters is 1. The largest absolute Gasteiger partial charge is 0.478 e. The molecule has 0 amide bonds. The minimum atomic E-state index is -0.891. The Bertz CT molecular complexity index is 251. The topological polar surface area (TPSA) is 63.6 Å². The van der Waals surface area contributed by atoms with Crippen molar-refractivity contribution >= 4 is 11.9 Å². The SMILES string of the molecule is C=COC(=O)C(=C)C.CC=CC(=O)O. The van der Waals surface area contributed by atoms with Crippen LogP contribution in [0.2, 0.25) is 0 Å². The monoisotopic (exact) mass is 198 g/mol. The number of rotatable bonds is 3. The van der Waals surface area contributed by atoms with Crippen LogP contribution in [-0.2, 0) is 14.3 Å². The average molecular weight is 198 g/mol. The van der Waals surface area contributed by atoms with Crippen LogP contribution in [0, 0.1) is 0 Å². The minimum absolute atomic E-state index is 0.380. The van der Waals surface area contributed by atoms with Gasteiger partial charge in [-0.05, 0) is 13.8 Å². The van der Waals surface area contributed by atoms with Gasteiger partial charge in [0.05, 0.1) is 6.26 Å². The van der Waals surface area contributed by atoms with E-state index >= 15 is 0 Å². The lowest BCUT2D eigenvalue weighted by Gasteiger charge is -1.92. The summed E-state index contributed by atoms with van der Waals surface area (Å²) in [7, 11) is 0. The maximum Gasteiger partial charge on any atom is 0.337 e. The number of carboxylic acid groups (broad SMARTS) is 1. The molecule has 0 saturated carbocycles. The lowest BCUT2D eigenvalue weighted by atomic mass is 10.4. The number of hydrogen-bond donors (Lipinski definition) is 1. The quantitative estimate of drug-likeness (QED) is 0.427. The fourth-order valence-corrected chi connectivity index (χ4v) is 0.319. The van der Waals surface area contributed by atoms with Crippen molar-refractivity contribution in [2.24, 2.45) is 0 Å². The molecule has 4 heteroatoms. The van der Waals surface area contributed by atoms with Crippen molar-refractivity contribution in [3.63, 3.8) is 0 Å². The minimum Gasteiger partial charge on any atom is -0.478 e. The lowest BCUT2D eigenvalue weighted by molar-refractivity contribution is -0.133. The second kappa shape index (κ2) is 9.25. The average Bonchev–Trinajstić information content (AvgIpc) is 2.05. The van der Waals surface area contributed by atoms with E-state index in [1.807, 2.05) is 0 Å².